The fourth-order valence-electron chi connectivity index (χ4n) is 3.83. The normalized spacial score (nSPS) is 12.9. The van der Waals surface area contributed by atoms with Crippen molar-refractivity contribution >= 4 is 50.7 Å². The third kappa shape index (κ3) is 7.75. The van der Waals surface area contributed by atoms with Gasteiger partial charge in [0.15, 0.2) is 0 Å². The molecule has 0 fully saturated rings. The molecule has 2 atom stereocenters. The van der Waals surface area contributed by atoms with Gasteiger partial charge in [0.05, 0.1) is 20.6 Å². The maximum Gasteiger partial charge on any atom is 0.264 e. The van der Waals surface area contributed by atoms with Crippen LogP contribution in [0.4, 0.5) is 5.69 Å². The molecule has 0 saturated carbocycles. The molecule has 10 heteroatoms. The number of nitrogens with one attached hydrogen (secondary N) is 1. The molecule has 0 aromatic heterocycles. The number of benzene rings is 3. The number of carbonyl (C=O) groups is 2. The Morgan fingerprint density at radius 1 is 0.923 bits per heavy atom. The molecule has 39 heavy (non-hydrogen) atoms. The van der Waals surface area contributed by atoms with E-state index in [2.05, 4.69) is 5.32 Å². The molecule has 0 heterocycles. The Bertz CT molecular complexity index is 1400. The fraction of sp³-hybridized carbons (Fsp3) is 0.310. The smallest absolute Gasteiger partial charge is 0.264 e. The Labute approximate surface area is 240 Å². The summed E-state index contributed by atoms with van der Waals surface area (Å²) < 4.78 is 28.5. The lowest BCUT2D eigenvalue weighted by atomic mass is 10.1. The summed E-state index contributed by atoms with van der Waals surface area (Å²) in [7, 11) is -4.18. The molecule has 0 spiro atoms. The van der Waals surface area contributed by atoms with Gasteiger partial charge in [0.25, 0.3) is 10.0 Å². The van der Waals surface area contributed by atoms with Crippen molar-refractivity contribution in [1.82, 2.24) is 10.2 Å². The second-order valence-electron chi connectivity index (χ2n) is 9.42. The van der Waals surface area contributed by atoms with Gasteiger partial charge in [0.2, 0.25) is 11.8 Å². The van der Waals surface area contributed by atoms with E-state index in [4.69, 9.17) is 23.2 Å². The number of amides is 2. The van der Waals surface area contributed by atoms with E-state index >= 15 is 0 Å². The van der Waals surface area contributed by atoms with Crippen molar-refractivity contribution in [2.24, 2.45) is 0 Å². The van der Waals surface area contributed by atoms with E-state index in [1.165, 1.54) is 35.2 Å². The number of hydrogen-bond acceptors (Lipinski definition) is 4. The van der Waals surface area contributed by atoms with E-state index in [0.717, 1.165) is 21.9 Å². The van der Waals surface area contributed by atoms with E-state index in [9.17, 15) is 18.0 Å². The number of carbonyl (C=O) groups excluding carboxylic acids is 2. The first kappa shape index (κ1) is 30.5. The van der Waals surface area contributed by atoms with Gasteiger partial charge in [-0.3, -0.25) is 13.9 Å². The highest BCUT2D eigenvalue weighted by molar-refractivity contribution is 7.92. The maximum absolute atomic E-state index is 13.9. The number of aryl methyl sites for hydroxylation is 1. The van der Waals surface area contributed by atoms with Crippen LogP contribution in [0.3, 0.4) is 0 Å². The summed E-state index contributed by atoms with van der Waals surface area (Å²) in [4.78, 5) is 28.4. The van der Waals surface area contributed by atoms with E-state index in [0.29, 0.717) is 0 Å². The van der Waals surface area contributed by atoms with Crippen molar-refractivity contribution in [2.45, 2.75) is 57.6 Å². The van der Waals surface area contributed by atoms with E-state index in [1.807, 2.05) is 45.0 Å². The number of rotatable bonds is 11. The second kappa shape index (κ2) is 13.3. The van der Waals surface area contributed by atoms with Crippen LogP contribution in [0.5, 0.6) is 0 Å². The monoisotopic (exact) mass is 589 g/mol. The van der Waals surface area contributed by atoms with Gasteiger partial charge in [-0.05, 0) is 63.1 Å². The van der Waals surface area contributed by atoms with Crippen LogP contribution < -0.4 is 9.62 Å². The van der Waals surface area contributed by atoms with Gasteiger partial charge >= 0.3 is 0 Å². The summed E-state index contributed by atoms with van der Waals surface area (Å²) >= 11 is 12.3. The molecule has 0 bridgehead atoms. The molecule has 2 amide bonds. The highest BCUT2D eigenvalue weighted by Crippen LogP contribution is 2.31. The van der Waals surface area contributed by atoms with Crippen molar-refractivity contribution in [3.05, 3.63) is 94.0 Å². The summed E-state index contributed by atoms with van der Waals surface area (Å²) in [5.41, 5.74) is 2.04. The van der Waals surface area contributed by atoms with Crippen LogP contribution in [0.2, 0.25) is 10.0 Å². The summed E-state index contributed by atoms with van der Waals surface area (Å²) in [6.07, 6.45) is 0.727. The minimum Gasteiger partial charge on any atom is -0.352 e. The summed E-state index contributed by atoms with van der Waals surface area (Å²) in [6.45, 7) is 7.00. The lowest BCUT2D eigenvalue weighted by molar-refractivity contribution is -0.139. The van der Waals surface area contributed by atoms with Crippen LogP contribution in [-0.4, -0.2) is 43.8 Å². The molecule has 208 valence electrons. The van der Waals surface area contributed by atoms with Gasteiger partial charge in [-0.2, -0.15) is 0 Å². The average Bonchev–Trinajstić information content (AvgIpc) is 2.92. The van der Waals surface area contributed by atoms with Gasteiger partial charge in [0, 0.05) is 12.6 Å². The zero-order valence-corrected chi connectivity index (χ0v) is 24.7. The Morgan fingerprint density at radius 3 is 2.15 bits per heavy atom. The van der Waals surface area contributed by atoms with E-state index in [-0.39, 0.29) is 39.1 Å². The Kier molecular flexibility index (Phi) is 10.4. The maximum atomic E-state index is 13.9. The predicted molar refractivity (Wildman–Crippen MR) is 157 cm³/mol. The molecule has 7 nitrogen and oxygen atoms in total. The third-order valence-electron chi connectivity index (χ3n) is 6.44. The van der Waals surface area contributed by atoms with Crippen LogP contribution in [0, 0.1) is 6.92 Å². The number of halogens is 2. The lowest BCUT2D eigenvalue weighted by Gasteiger charge is -2.32. The molecule has 3 rings (SSSR count). The average molecular weight is 591 g/mol. The number of anilines is 1. The van der Waals surface area contributed by atoms with Crippen molar-refractivity contribution in [1.29, 1.82) is 0 Å². The first-order chi connectivity index (χ1) is 18.4. The molecule has 1 N–H and O–H groups in total. The Hall–Kier alpha value is -3.07. The third-order valence-corrected chi connectivity index (χ3v) is 8.97. The molecule has 0 radical (unpaired) electrons. The Morgan fingerprint density at radius 2 is 1.56 bits per heavy atom. The first-order valence-corrected chi connectivity index (χ1v) is 14.8. The molecular formula is C29H33Cl2N3O4S. The van der Waals surface area contributed by atoms with E-state index in [1.54, 1.807) is 25.1 Å². The molecular weight excluding hydrogens is 557 g/mol. The highest BCUT2D eigenvalue weighted by Gasteiger charge is 2.33. The van der Waals surface area contributed by atoms with Crippen LogP contribution in [0.25, 0.3) is 0 Å². The Balaban J connectivity index is 2.03. The fourth-order valence-corrected chi connectivity index (χ4v) is 5.55. The summed E-state index contributed by atoms with van der Waals surface area (Å²) in [6, 6.07) is 18.9. The quantitative estimate of drug-likeness (QED) is 0.305. The topological polar surface area (TPSA) is 86.8 Å². The standard InChI is InChI=1S/C29H33Cl2N3O4S/c1-5-21(3)32-29(36)22(4)33(18-23-13-11-20(2)12-14-23)28(35)19-34(24-15-16-26(30)27(31)17-24)39(37,38)25-9-7-6-8-10-25/h6-17,21-22H,5,18-19H2,1-4H3,(H,32,36)/t21-,22-/m1/s1. The number of sulfonamides is 1. The minimum absolute atomic E-state index is 0.0107. The SMILES string of the molecule is CC[C@@H](C)NC(=O)[C@@H](C)N(Cc1ccc(C)cc1)C(=O)CN(c1ccc(Cl)c(Cl)c1)S(=O)(=O)c1ccccc1. The zero-order valence-electron chi connectivity index (χ0n) is 22.4. The molecule has 0 aliphatic heterocycles. The van der Waals surface area contributed by atoms with Crippen molar-refractivity contribution in [2.75, 3.05) is 10.8 Å². The van der Waals surface area contributed by atoms with Crippen LogP contribution in [0.15, 0.2) is 77.7 Å². The lowest BCUT2D eigenvalue weighted by Crippen LogP contribution is -2.52. The zero-order chi connectivity index (χ0) is 28.7. The van der Waals surface area contributed by atoms with Gasteiger partial charge in [-0.25, -0.2) is 8.42 Å². The molecule has 0 aliphatic rings. The molecule has 0 aliphatic carbocycles. The van der Waals surface area contributed by atoms with Crippen molar-refractivity contribution in [3.8, 4) is 0 Å². The van der Waals surface area contributed by atoms with Gasteiger partial charge < -0.3 is 10.2 Å². The largest absolute Gasteiger partial charge is 0.352 e. The second-order valence-corrected chi connectivity index (χ2v) is 12.1. The van der Waals surface area contributed by atoms with Crippen molar-refractivity contribution in [3.63, 3.8) is 0 Å². The predicted octanol–water partition coefficient (Wildman–Crippen LogP) is 5.83. The van der Waals surface area contributed by atoms with Gasteiger partial charge in [-0.15, -0.1) is 0 Å². The molecule has 0 unspecified atom stereocenters. The molecule has 0 saturated heterocycles. The summed E-state index contributed by atoms with van der Waals surface area (Å²) in [5, 5.41) is 3.31. The highest BCUT2D eigenvalue weighted by atomic mass is 35.5. The van der Waals surface area contributed by atoms with Crippen LogP contribution >= 0.6 is 23.2 Å². The first-order valence-electron chi connectivity index (χ1n) is 12.6. The van der Waals surface area contributed by atoms with Gasteiger partial charge in [-0.1, -0.05) is 78.2 Å². The van der Waals surface area contributed by atoms with Crippen molar-refractivity contribution < 1.29 is 18.0 Å². The number of hydrogen-bond donors (Lipinski definition) is 1. The van der Waals surface area contributed by atoms with E-state index < -0.39 is 28.5 Å². The van der Waals surface area contributed by atoms with Crippen LogP contribution in [0.1, 0.15) is 38.3 Å². The van der Waals surface area contributed by atoms with Crippen LogP contribution in [-0.2, 0) is 26.2 Å². The molecule has 3 aromatic rings. The minimum atomic E-state index is -4.18. The molecule has 3 aromatic carbocycles. The van der Waals surface area contributed by atoms with Gasteiger partial charge in [0.1, 0.15) is 12.6 Å². The number of nitrogens with zero attached hydrogens (tertiary/aromatic N) is 2. The summed E-state index contributed by atoms with van der Waals surface area (Å²) in [5.74, 6) is -0.871.